The normalized spacial score (nSPS) is 10.4. The minimum Gasteiger partial charge on any atom is -0.337 e. The van der Waals surface area contributed by atoms with Gasteiger partial charge in [0.25, 0.3) is 5.91 Å². The molecule has 0 saturated carbocycles. The van der Waals surface area contributed by atoms with Gasteiger partial charge in [0.2, 0.25) is 0 Å². The van der Waals surface area contributed by atoms with Gasteiger partial charge in [-0.3, -0.25) is 4.79 Å². The van der Waals surface area contributed by atoms with Crippen LogP contribution in [0.4, 0.5) is 0 Å². The fourth-order valence-electron chi connectivity index (χ4n) is 1.83. The summed E-state index contributed by atoms with van der Waals surface area (Å²) in [5, 5.41) is 0. The van der Waals surface area contributed by atoms with E-state index in [0.29, 0.717) is 12.1 Å². The van der Waals surface area contributed by atoms with Crippen LogP contribution < -0.4 is 0 Å². The molecule has 0 heterocycles. The number of halogens is 3. The van der Waals surface area contributed by atoms with Crippen molar-refractivity contribution >= 4 is 53.7 Å². The molecule has 104 valence electrons. The molecule has 2 rings (SSSR count). The summed E-state index contributed by atoms with van der Waals surface area (Å²) in [7, 11) is 1.80. The molecule has 0 unspecified atom stereocenters. The zero-order valence-corrected chi connectivity index (χ0v) is 15.5. The number of benzene rings is 2. The van der Waals surface area contributed by atoms with Crippen LogP contribution >= 0.6 is 47.8 Å². The molecule has 1 amide bonds. The second-order valence-electron chi connectivity index (χ2n) is 4.45. The van der Waals surface area contributed by atoms with Gasteiger partial charge in [-0.05, 0) is 35.9 Å². The van der Waals surface area contributed by atoms with E-state index in [-0.39, 0.29) is 5.91 Å². The van der Waals surface area contributed by atoms with E-state index in [9.17, 15) is 4.79 Å². The van der Waals surface area contributed by atoms with Gasteiger partial charge < -0.3 is 4.90 Å². The summed E-state index contributed by atoms with van der Waals surface area (Å²) in [4.78, 5) is 14.1. The van der Waals surface area contributed by atoms with E-state index in [1.807, 2.05) is 42.5 Å². The Bertz CT molecular complexity index is 605. The number of carbonyl (C=O) groups is 1. The summed E-state index contributed by atoms with van der Waals surface area (Å²) >= 11 is 10.2. The minimum atomic E-state index is -0.00470. The molecule has 0 aliphatic heterocycles. The second kappa shape index (κ2) is 6.87. The number of hydrogen-bond acceptors (Lipinski definition) is 1. The van der Waals surface area contributed by atoms with E-state index in [1.54, 1.807) is 11.9 Å². The molecule has 0 atom stereocenters. The Morgan fingerprint density at radius 2 is 1.50 bits per heavy atom. The van der Waals surface area contributed by atoms with Crippen LogP contribution in [-0.2, 0) is 6.54 Å². The van der Waals surface area contributed by atoms with Crippen molar-refractivity contribution in [3.8, 4) is 0 Å². The van der Waals surface area contributed by atoms with E-state index >= 15 is 0 Å². The van der Waals surface area contributed by atoms with Gasteiger partial charge in [0.05, 0.1) is 0 Å². The lowest BCUT2D eigenvalue weighted by Gasteiger charge is -2.17. The smallest absolute Gasteiger partial charge is 0.253 e. The lowest BCUT2D eigenvalue weighted by atomic mass is 10.1. The SMILES string of the molecule is CN(Cc1ccc(Br)cc1)C(=O)c1cc(Br)cc(Br)c1. The highest BCUT2D eigenvalue weighted by Crippen LogP contribution is 2.21. The van der Waals surface area contributed by atoms with Gasteiger partial charge in [-0.2, -0.15) is 0 Å². The third kappa shape index (κ3) is 4.17. The first-order chi connectivity index (χ1) is 9.45. The fourth-order valence-corrected chi connectivity index (χ4v) is 3.39. The molecule has 2 aromatic carbocycles. The second-order valence-corrected chi connectivity index (χ2v) is 7.19. The van der Waals surface area contributed by atoms with Crippen LogP contribution in [0.25, 0.3) is 0 Å². The zero-order chi connectivity index (χ0) is 14.7. The van der Waals surface area contributed by atoms with Gasteiger partial charge >= 0.3 is 0 Å². The van der Waals surface area contributed by atoms with E-state index in [1.165, 1.54) is 0 Å². The molecule has 0 N–H and O–H groups in total. The Hall–Kier alpha value is -0.650. The fraction of sp³-hybridized carbons (Fsp3) is 0.133. The van der Waals surface area contributed by atoms with Crippen molar-refractivity contribution in [2.24, 2.45) is 0 Å². The first-order valence-corrected chi connectivity index (χ1v) is 8.29. The summed E-state index contributed by atoms with van der Waals surface area (Å²) < 4.78 is 2.80. The molecule has 2 nitrogen and oxygen atoms in total. The molecule has 0 saturated heterocycles. The van der Waals surface area contributed by atoms with Crippen LogP contribution in [0, 0.1) is 0 Å². The third-order valence-electron chi connectivity index (χ3n) is 2.79. The molecule has 0 radical (unpaired) electrons. The molecule has 2 aromatic rings. The Labute approximate surface area is 143 Å². The quantitative estimate of drug-likeness (QED) is 0.611. The summed E-state index contributed by atoms with van der Waals surface area (Å²) in [6, 6.07) is 13.5. The van der Waals surface area contributed by atoms with Gasteiger partial charge in [-0.1, -0.05) is 59.9 Å². The maximum absolute atomic E-state index is 12.4. The predicted octanol–water partition coefficient (Wildman–Crippen LogP) is 5.25. The van der Waals surface area contributed by atoms with Crippen molar-refractivity contribution in [1.82, 2.24) is 4.90 Å². The van der Waals surface area contributed by atoms with Crippen molar-refractivity contribution in [2.75, 3.05) is 7.05 Å². The molecular formula is C15H12Br3NO. The minimum absolute atomic E-state index is 0.00470. The number of amides is 1. The van der Waals surface area contributed by atoms with E-state index < -0.39 is 0 Å². The molecule has 0 fully saturated rings. The van der Waals surface area contributed by atoms with Gasteiger partial charge in [0.15, 0.2) is 0 Å². The standard InChI is InChI=1S/C15H12Br3NO/c1-19(9-10-2-4-12(16)5-3-10)15(20)11-6-13(17)8-14(18)7-11/h2-8H,9H2,1H3. The van der Waals surface area contributed by atoms with Crippen LogP contribution in [0.1, 0.15) is 15.9 Å². The highest BCUT2D eigenvalue weighted by Gasteiger charge is 2.13. The van der Waals surface area contributed by atoms with Gasteiger partial charge in [-0.25, -0.2) is 0 Å². The predicted molar refractivity (Wildman–Crippen MR) is 91.8 cm³/mol. The summed E-state index contributed by atoms with van der Waals surface area (Å²) in [5.74, 6) is -0.00470. The van der Waals surface area contributed by atoms with Crippen LogP contribution in [0.3, 0.4) is 0 Å². The van der Waals surface area contributed by atoms with Crippen LogP contribution in [-0.4, -0.2) is 17.9 Å². The number of carbonyl (C=O) groups excluding carboxylic acids is 1. The van der Waals surface area contributed by atoms with Crippen molar-refractivity contribution in [2.45, 2.75) is 6.54 Å². The molecule has 0 aliphatic carbocycles. The van der Waals surface area contributed by atoms with Gasteiger partial charge in [-0.15, -0.1) is 0 Å². The molecule has 0 spiro atoms. The van der Waals surface area contributed by atoms with Gasteiger partial charge in [0.1, 0.15) is 0 Å². The maximum atomic E-state index is 12.4. The Morgan fingerprint density at radius 3 is 2.05 bits per heavy atom. The lowest BCUT2D eigenvalue weighted by Crippen LogP contribution is -2.26. The molecular weight excluding hydrogens is 450 g/mol. The average molecular weight is 462 g/mol. The largest absolute Gasteiger partial charge is 0.337 e. The zero-order valence-electron chi connectivity index (χ0n) is 10.7. The summed E-state index contributed by atoms with van der Waals surface area (Å²) in [6.45, 7) is 0.580. The van der Waals surface area contributed by atoms with Crippen LogP contribution in [0.15, 0.2) is 55.9 Å². The summed E-state index contributed by atoms with van der Waals surface area (Å²) in [6.07, 6.45) is 0. The van der Waals surface area contributed by atoms with E-state index in [4.69, 9.17) is 0 Å². The number of hydrogen-bond donors (Lipinski definition) is 0. The topological polar surface area (TPSA) is 20.3 Å². The Morgan fingerprint density at radius 1 is 0.950 bits per heavy atom. The van der Waals surface area contributed by atoms with E-state index in [0.717, 1.165) is 19.0 Å². The lowest BCUT2D eigenvalue weighted by molar-refractivity contribution is 0.0785. The van der Waals surface area contributed by atoms with Crippen molar-refractivity contribution in [3.05, 3.63) is 67.0 Å². The van der Waals surface area contributed by atoms with Crippen molar-refractivity contribution < 1.29 is 4.79 Å². The monoisotopic (exact) mass is 459 g/mol. The first kappa shape index (κ1) is 15.7. The molecule has 0 bridgehead atoms. The highest BCUT2D eigenvalue weighted by atomic mass is 79.9. The molecule has 0 aliphatic rings. The molecule has 20 heavy (non-hydrogen) atoms. The Balaban J connectivity index is 2.14. The highest BCUT2D eigenvalue weighted by molar-refractivity contribution is 9.11. The molecule has 5 heteroatoms. The van der Waals surface area contributed by atoms with E-state index in [2.05, 4.69) is 47.8 Å². The summed E-state index contributed by atoms with van der Waals surface area (Å²) in [5.41, 5.74) is 1.75. The number of rotatable bonds is 3. The van der Waals surface area contributed by atoms with Gasteiger partial charge in [0, 0.05) is 32.6 Å². The average Bonchev–Trinajstić information content (AvgIpc) is 2.39. The van der Waals surface area contributed by atoms with Crippen LogP contribution in [0.5, 0.6) is 0 Å². The number of nitrogens with zero attached hydrogens (tertiary/aromatic N) is 1. The van der Waals surface area contributed by atoms with Crippen molar-refractivity contribution in [3.63, 3.8) is 0 Å². The third-order valence-corrected chi connectivity index (χ3v) is 4.23. The Kier molecular flexibility index (Phi) is 5.41. The first-order valence-electron chi connectivity index (χ1n) is 5.92. The van der Waals surface area contributed by atoms with Crippen LogP contribution in [0.2, 0.25) is 0 Å². The maximum Gasteiger partial charge on any atom is 0.253 e. The van der Waals surface area contributed by atoms with Crippen molar-refractivity contribution in [1.29, 1.82) is 0 Å². The molecule has 0 aromatic heterocycles.